The maximum Gasteiger partial charge on any atom is 0.266 e. The van der Waals surface area contributed by atoms with Crippen LogP contribution < -0.4 is 5.73 Å². The quantitative estimate of drug-likeness (QED) is 0.899. The molecule has 1 aliphatic rings. The topological polar surface area (TPSA) is 81.3 Å². The zero-order valence-corrected chi connectivity index (χ0v) is 14.6. The van der Waals surface area contributed by atoms with Gasteiger partial charge in [-0.1, -0.05) is 24.3 Å². The molecule has 3 heterocycles. The van der Waals surface area contributed by atoms with E-state index in [1.807, 2.05) is 30.0 Å². The van der Waals surface area contributed by atoms with Crippen molar-refractivity contribution in [3.8, 4) is 0 Å². The first kappa shape index (κ1) is 16.9. The van der Waals surface area contributed by atoms with Crippen molar-refractivity contribution in [1.29, 1.82) is 0 Å². The van der Waals surface area contributed by atoms with Gasteiger partial charge in [0.2, 0.25) is 0 Å². The molecule has 0 aliphatic carbocycles. The summed E-state index contributed by atoms with van der Waals surface area (Å²) in [5, 5.41) is 0.454. The van der Waals surface area contributed by atoms with Gasteiger partial charge < -0.3 is 15.4 Å². The molecule has 7 heteroatoms. The molecule has 2 aromatic rings. The van der Waals surface area contributed by atoms with E-state index >= 15 is 0 Å². The van der Waals surface area contributed by atoms with E-state index in [1.54, 1.807) is 6.20 Å². The molecule has 128 valence electrons. The number of hydrogen-bond acceptors (Lipinski definition) is 6. The van der Waals surface area contributed by atoms with Crippen LogP contribution in [0.15, 0.2) is 24.4 Å². The Bertz CT molecular complexity index is 689. The molecule has 0 saturated carbocycles. The SMILES string of the molecule is CCc1nc(N)sc1C(=O)N1CCC[C@@H](OCc2ccccn2)C1. The number of ether oxygens (including phenoxy) is 1. The van der Waals surface area contributed by atoms with E-state index in [1.165, 1.54) is 11.3 Å². The predicted octanol–water partition coefficient (Wildman–Crippen LogP) is 2.50. The van der Waals surface area contributed by atoms with Gasteiger partial charge in [-0.05, 0) is 31.4 Å². The summed E-state index contributed by atoms with van der Waals surface area (Å²) in [7, 11) is 0. The first-order valence-corrected chi connectivity index (χ1v) is 9.05. The number of thiazole rings is 1. The summed E-state index contributed by atoms with van der Waals surface area (Å²) >= 11 is 1.28. The summed E-state index contributed by atoms with van der Waals surface area (Å²) in [6.07, 6.45) is 4.41. The molecule has 3 rings (SSSR count). The number of carbonyl (C=O) groups excluding carboxylic acids is 1. The van der Waals surface area contributed by atoms with Crippen LogP contribution in [-0.4, -0.2) is 40.0 Å². The van der Waals surface area contributed by atoms with Crippen molar-refractivity contribution < 1.29 is 9.53 Å². The summed E-state index contributed by atoms with van der Waals surface area (Å²) in [4.78, 5) is 23.8. The van der Waals surface area contributed by atoms with Gasteiger partial charge >= 0.3 is 0 Å². The minimum absolute atomic E-state index is 0.0205. The van der Waals surface area contributed by atoms with Crippen LogP contribution in [0.25, 0.3) is 0 Å². The van der Waals surface area contributed by atoms with Gasteiger partial charge in [-0.25, -0.2) is 4.98 Å². The van der Waals surface area contributed by atoms with E-state index < -0.39 is 0 Å². The van der Waals surface area contributed by atoms with Gasteiger partial charge in [0.15, 0.2) is 5.13 Å². The molecule has 1 aliphatic heterocycles. The molecular formula is C17H22N4O2S. The van der Waals surface area contributed by atoms with E-state index in [2.05, 4.69) is 9.97 Å². The first-order valence-electron chi connectivity index (χ1n) is 8.23. The minimum Gasteiger partial charge on any atom is -0.375 e. The lowest BCUT2D eigenvalue weighted by atomic mass is 10.1. The molecule has 0 radical (unpaired) electrons. The smallest absolute Gasteiger partial charge is 0.266 e. The van der Waals surface area contributed by atoms with Crippen LogP contribution in [-0.2, 0) is 17.8 Å². The summed E-state index contributed by atoms with van der Waals surface area (Å²) in [5.41, 5.74) is 7.46. The molecule has 24 heavy (non-hydrogen) atoms. The average Bonchev–Trinajstić information content (AvgIpc) is 3.01. The number of anilines is 1. The molecule has 0 unspecified atom stereocenters. The maximum atomic E-state index is 12.8. The van der Waals surface area contributed by atoms with Gasteiger partial charge in [0.25, 0.3) is 5.91 Å². The highest BCUT2D eigenvalue weighted by molar-refractivity contribution is 7.17. The number of nitrogens with two attached hydrogens (primary N) is 1. The number of rotatable bonds is 5. The second-order valence-electron chi connectivity index (χ2n) is 5.83. The van der Waals surface area contributed by atoms with Crippen LogP contribution in [0.5, 0.6) is 0 Å². The molecule has 1 saturated heterocycles. The van der Waals surface area contributed by atoms with Crippen molar-refractivity contribution >= 4 is 22.4 Å². The molecule has 1 amide bonds. The highest BCUT2D eigenvalue weighted by Crippen LogP contribution is 2.25. The Morgan fingerprint density at radius 2 is 2.38 bits per heavy atom. The number of amides is 1. The molecule has 6 nitrogen and oxygen atoms in total. The minimum atomic E-state index is 0.0205. The number of nitrogen functional groups attached to an aromatic ring is 1. The molecule has 1 atom stereocenters. The van der Waals surface area contributed by atoms with Gasteiger partial charge in [0.1, 0.15) is 4.88 Å². The fourth-order valence-electron chi connectivity index (χ4n) is 2.87. The number of aryl methyl sites for hydroxylation is 1. The molecule has 0 bridgehead atoms. The molecule has 2 aromatic heterocycles. The Morgan fingerprint density at radius 1 is 1.50 bits per heavy atom. The summed E-state index contributed by atoms with van der Waals surface area (Å²) in [6.45, 7) is 3.82. The molecule has 0 aromatic carbocycles. The van der Waals surface area contributed by atoms with Crippen LogP contribution in [0.2, 0.25) is 0 Å². The van der Waals surface area contributed by atoms with E-state index in [0.29, 0.717) is 29.6 Å². The average molecular weight is 346 g/mol. The third kappa shape index (κ3) is 3.91. The second kappa shape index (κ2) is 7.72. The van der Waals surface area contributed by atoms with Gasteiger partial charge in [0.05, 0.1) is 24.1 Å². The number of piperidine rings is 1. The Balaban J connectivity index is 1.61. The monoisotopic (exact) mass is 346 g/mol. The molecule has 0 spiro atoms. The third-order valence-electron chi connectivity index (χ3n) is 4.10. The van der Waals surface area contributed by atoms with Crippen molar-refractivity contribution in [2.75, 3.05) is 18.8 Å². The number of carbonyl (C=O) groups is 1. The Kier molecular flexibility index (Phi) is 5.42. The van der Waals surface area contributed by atoms with Crippen molar-refractivity contribution in [2.24, 2.45) is 0 Å². The first-order chi connectivity index (χ1) is 11.7. The van der Waals surface area contributed by atoms with Crippen LogP contribution >= 0.6 is 11.3 Å². The van der Waals surface area contributed by atoms with E-state index in [-0.39, 0.29) is 12.0 Å². The highest BCUT2D eigenvalue weighted by atomic mass is 32.1. The number of pyridine rings is 1. The largest absolute Gasteiger partial charge is 0.375 e. The Labute approximate surface area is 145 Å². The fourth-order valence-corrected chi connectivity index (χ4v) is 3.76. The van der Waals surface area contributed by atoms with Crippen molar-refractivity contribution in [1.82, 2.24) is 14.9 Å². The van der Waals surface area contributed by atoms with Gasteiger partial charge in [-0.3, -0.25) is 9.78 Å². The number of hydrogen-bond donors (Lipinski definition) is 1. The van der Waals surface area contributed by atoms with Crippen LogP contribution in [0.4, 0.5) is 5.13 Å². The second-order valence-corrected chi connectivity index (χ2v) is 6.86. The van der Waals surface area contributed by atoms with Crippen LogP contribution in [0.1, 0.15) is 40.8 Å². The normalized spacial score (nSPS) is 17.9. The predicted molar refractivity (Wildman–Crippen MR) is 93.9 cm³/mol. The van der Waals surface area contributed by atoms with Gasteiger partial charge in [0, 0.05) is 19.3 Å². The van der Waals surface area contributed by atoms with E-state index in [9.17, 15) is 4.79 Å². The van der Waals surface area contributed by atoms with Gasteiger partial charge in [-0.2, -0.15) is 0 Å². The number of nitrogens with zero attached hydrogens (tertiary/aromatic N) is 3. The standard InChI is InChI=1S/C17H22N4O2S/c1-2-14-15(24-17(18)20-14)16(22)21-9-5-7-13(10-21)23-11-12-6-3-4-8-19-12/h3-4,6,8,13H,2,5,7,9-11H2,1H3,(H2,18,20)/t13-/m1/s1. The lowest BCUT2D eigenvalue weighted by Gasteiger charge is -2.32. The molecule has 2 N–H and O–H groups in total. The Morgan fingerprint density at radius 3 is 3.12 bits per heavy atom. The van der Waals surface area contributed by atoms with Crippen LogP contribution in [0, 0.1) is 0 Å². The van der Waals surface area contributed by atoms with Gasteiger partial charge in [-0.15, -0.1) is 0 Å². The number of likely N-dealkylation sites (tertiary alicyclic amines) is 1. The lowest BCUT2D eigenvalue weighted by molar-refractivity contribution is -0.00775. The maximum absolute atomic E-state index is 12.8. The summed E-state index contributed by atoms with van der Waals surface area (Å²) < 4.78 is 5.95. The molecule has 1 fully saturated rings. The van der Waals surface area contributed by atoms with Crippen molar-refractivity contribution in [3.63, 3.8) is 0 Å². The van der Waals surface area contributed by atoms with E-state index in [4.69, 9.17) is 10.5 Å². The zero-order valence-electron chi connectivity index (χ0n) is 13.8. The molecular weight excluding hydrogens is 324 g/mol. The third-order valence-corrected chi connectivity index (χ3v) is 5.02. The van der Waals surface area contributed by atoms with Crippen molar-refractivity contribution in [3.05, 3.63) is 40.7 Å². The van der Waals surface area contributed by atoms with Crippen molar-refractivity contribution in [2.45, 2.75) is 38.9 Å². The van der Waals surface area contributed by atoms with Crippen LogP contribution in [0.3, 0.4) is 0 Å². The number of aromatic nitrogens is 2. The summed E-state index contributed by atoms with van der Waals surface area (Å²) in [6, 6.07) is 5.78. The zero-order chi connectivity index (χ0) is 16.9. The summed E-state index contributed by atoms with van der Waals surface area (Å²) in [5.74, 6) is 0.0205. The highest BCUT2D eigenvalue weighted by Gasteiger charge is 2.28. The fraction of sp³-hybridized carbons (Fsp3) is 0.471. The lowest BCUT2D eigenvalue weighted by Crippen LogP contribution is -2.43. The Hall–Kier alpha value is -1.99. The van der Waals surface area contributed by atoms with E-state index in [0.717, 1.165) is 30.8 Å².